The van der Waals surface area contributed by atoms with E-state index in [0.717, 1.165) is 17.7 Å². The number of anilines is 2. The Morgan fingerprint density at radius 1 is 1.18 bits per heavy atom. The van der Waals surface area contributed by atoms with Gasteiger partial charge < -0.3 is 10.6 Å². The van der Waals surface area contributed by atoms with Gasteiger partial charge in [0.2, 0.25) is 0 Å². The number of rotatable bonds is 4. The summed E-state index contributed by atoms with van der Waals surface area (Å²) >= 11 is 0. The second-order valence-corrected chi connectivity index (χ2v) is 6.13. The molecule has 1 heterocycles. The van der Waals surface area contributed by atoms with Gasteiger partial charge in [0.15, 0.2) is 0 Å². The first-order chi connectivity index (χ1) is 10.4. The van der Waals surface area contributed by atoms with Crippen molar-refractivity contribution < 1.29 is 4.79 Å². The lowest BCUT2D eigenvalue weighted by molar-refractivity contribution is 0.102. The number of amides is 1. The molecule has 0 aliphatic rings. The number of aromatic nitrogens is 2. The topological polar surface area (TPSA) is 66.9 Å². The standard InChI is InChI=1S/C17H22N4O/c1-5-12-8-6-7-9-13(12)20-16(22)14-10-15(19-11-18-14)21-17(2,3)4/h6-11H,5H2,1-4H3,(H,20,22)(H,18,19,21). The number of benzene rings is 1. The Labute approximate surface area is 131 Å². The van der Waals surface area contributed by atoms with Crippen LogP contribution in [0.5, 0.6) is 0 Å². The van der Waals surface area contributed by atoms with E-state index in [-0.39, 0.29) is 11.4 Å². The largest absolute Gasteiger partial charge is 0.365 e. The zero-order valence-corrected chi connectivity index (χ0v) is 13.5. The van der Waals surface area contributed by atoms with Crippen molar-refractivity contribution in [3.05, 3.63) is 47.9 Å². The molecular weight excluding hydrogens is 276 g/mol. The van der Waals surface area contributed by atoms with E-state index < -0.39 is 0 Å². The molecule has 5 heteroatoms. The van der Waals surface area contributed by atoms with Crippen molar-refractivity contribution in [2.45, 2.75) is 39.7 Å². The first kappa shape index (κ1) is 15.9. The maximum atomic E-state index is 12.4. The lowest BCUT2D eigenvalue weighted by atomic mass is 10.1. The van der Waals surface area contributed by atoms with Gasteiger partial charge >= 0.3 is 0 Å². The second kappa shape index (κ2) is 6.56. The number of hydrogen-bond acceptors (Lipinski definition) is 4. The van der Waals surface area contributed by atoms with Gasteiger partial charge in [0.1, 0.15) is 17.8 Å². The van der Waals surface area contributed by atoms with Crippen LogP contribution in [0.15, 0.2) is 36.7 Å². The van der Waals surface area contributed by atoms with Crippen LogP contribution in [0.2, 0.25) is 0 Å². The molecule has 0 aliphatic carbocycles. The van der Waals surface area contributed by atoms with Crippen molar-refractivity contribution in [1.82, 2.24) is 9.97 Å². The monoisotopic (exact) mass is 298 g/mol. The summed E-state index contributed by atoms with van der Waals surface area (Å²) in [5.74, 6) is 0.400. The number of nitrogens with zero attached hydrogens (tertiary/aromatic N) is 2. The Morgan fingerprint density at radius 2 is 1.91 bits per heavy atom. The molecule has 0 unspecified atom stereocenters. The Hall–Kier alpha value is -2.43. The number of carbonyl (C=O) groups excluding carboxylic acids is 1. The molecule has 1 amide bonds. The average molecular weight is 298 g/mol. The van der Waals surface area contributed by atoms with Crippen LogP contribution >= 0.6 is 0 Å². The van der Waals surface area contributed by atoms with Gasteiger partial charge in [-0.25, -0.2) is 9.97 Å². The summed E-state index contributed by atoms with van der Waals surface area (Å²) in [4.78, 5) is 20.6. The Kier molecular flexibility index (Phi) is 4.75. The minimum absolute atomic E-state index is 0.128. The van der Waals surface area contributed by atoms with Crippen molar-refractivity contribution in [1.29, 1.82) is 0 Å². The third-order valence-corrected chi connectivity index (χ3v) is 3.05. The molecule has 0 radical (unpaired) electrons. The lowest BCUT2D eigenvalue weighted by Crippen LogP contribution is -2.27. The van der Waals surface area contributed by atoms with Gasteiger partial charge in [0.05, 0.1) is 0 Å². The average Bonchev–Trinajstić information content (AvgIpc) is 2.46. The van der Waals surface area contributed by atoms with Crippen LogP contribution in [-0.2, 0) is 6.42 Å². The number of aryl methyl sites for hydroxylation is 1. The minimum atomic E-state index is -0.236. The summed E-state index contributed by atoms with van der Waals surface area (Å²) in [6.07, 6.45) is 2.26. The van der Waals surface area contributed by atoms with Crippen molar-refractivity contribution in [3.8, 4) is 0 Å². The molecule has 2 aromatic rings. The number of para-hydroxylation sites is 1. The smallest absolute Gasteiger partial charge is 0.274 e. The summed E-state index contributed by atoms with van der Waals surface area (Å²) in [7, 11) is 0. The van der Waals surface area contributed by atoms with Crippen LogP contribution in [0.25, 0.3) is 0 Å². The quantitative estimate of drug-likeness (QED) is 0.906. The molecule has 116 valence electrons. The van der Waals surface area contributed by atoms with Crippen LogP contribution in [0.3, 0.4) is 0 Å². The van der Waals surface area contributed by atoms with Crippen LogP contribution in [-0.4, -0.2) is 21.4 Å². The Balaban J connectivity index is 2.18. The van der Waals surface area contributed by atoms with Crippen molar-refractivity contribution in [3.63, 3.8) is 0 Å². The molecule has 22 heavy (non-hydrogen) atoms. The van der Waals surface area contributed by atoms with Crippen LogP contribution in [0.1, 0.15) is 43.7 Å². The molecule has 0 fully saturated rings. The minimum Gasteiger partial charge on any atom is -0.365 e. The summed E-state index contributed by atoms with van der Waals surface area (Å²) in [5, 5.41) is 6.14. The molecule has 0 atom stereocenters. The van der Waals surface area contributed by atoms with Gasteiger partial charge in [-0.3, -0.25) is 4.79 Å². The molecular formula is C17H22N4O. The predicted octanol–water partition coefficient (Wildman–Crippen LogP) is 3.50. The van der Waals surface area contributed by atoms with E-state index in [4.69, 9.17) is 0 Å². The van der Waals surface area contributed by atoms with E-state index >= 15 is 0 Å². The molecule has 5 nitrogen and oxygen atoms in total. The zero-order valence-electron chi connectivity index (χ0n) is 13.5. The summed E-state index contributed by atoms with van der Waals surface area (Å²) in [6.45, 7) is 8.16. The first-order valence-electron chi connectivity index (χ1n) is 7.38. The lowest BCUT2D eigenvalue weighted by Gasteiger charge is -2.21. The van der Waals surface area contributed by atoms with Crippen LogP contribution < -0.4 is 10.6 Å². The van der Waals surface area contributed by atoms with Crippen LogP contribution in [0, 0.1) is 0 Å². The fourth-order valence-electron chi connectivity index (χ4n) is 2.07. The molecule has 1 aromatic carbocycles. The van der Waals surface area contributed by atoms with E-state index in [9.17, 15) is 4.79 Å². The third-order valence-electron chi connectivity index (χ3n) is 3.05. The maximum Gasteiger partial charge on any atom is 0.274 e. The van der Waals surface area contributed by atoms with Gasteiger partial charge in [-0.1, -0.05) is 25.1 Å². The van der Waals surface area contributed by atoms with Gasteiger partial charge in [0, 0.05) is 17.3 Å². The van der Waals surface area contributed by atoms with E-state index in [1.807, 2.05) is 45.0 Å². The molecule has 0 spiro atoms. The highest BCUT2D eigenvalue weighted by Crippen LogP contribution is 2.17. The highest BCUT2D eigenvalue weighted by atomic mass is 16.1. The van der Waals surface area contributed by atoms with Gasteiger partial charge in [0.25, 0.3) is 5.91 Å². The van der Waals surface area contributed by atoms with E-state index in [1.54, 1.807) is 6.07 Å². The van der Waals surface area contributed by atoms with Crippen molar-refractivity contribution in [2.75, 3.05) is 10.6 Å². The second-order valence-electron chi connectivity index (χ2n) is 6.13. The normalized spacial score (nSPS) is 11.1. The van der Waals surface area contributed by atoms with Crippen molar-refractivity contribution in [2.24, 2.45) is 0 Å². The molecule has 0 saturated carbocycles. The third kappa shape index (κ3) is 4.28. The van der Waals surface area contributed by atoms with Crippen LogP contribution in [0.4, 0.5) is 11.5 Å². The summed E-state index contributed by atoms with van der Waals surface area (Å²) < 4.78 is 0. The maximum absolute atomic E-state index is 12.4. The Bertz CT molecular complexity index is 662. The summed E-state index contributed by atoms with van der Waals surface area (Å²) in [6, 6.07) is 9.43. The SMILES string of the molecule is CCc1ccccc1NC(=O)c1cc(NC(C)(C)C)ncn1. The predicted molar refractivity (Wildman–Crippen MR) is 89.2 cm³/mol. The van der Waals surface area contributed by atoms with E-state index in [0.29, 0.717) is 11.5 Å². The van der Waals surface area contributed by atoms with Gasteiger partial charge in [-0.05, 0) is 38.8 Å². The van der Waals surface area contributed by atoms with E-state index in [2.05, 4.69) is 27.5 Å². The molecule has 0 bridgehead atoms. The highest BCUT2D eigenvalue weighted by Gasteiger charge is 2.14. The number of hydrogen-bond donors (Lipinski definition) is 2. The highest BCUT2D eigenvalue weighted by molar-refractivity contribution is 6.03. The first-order valence-corrected chi connectivity index (χ1v) is 7.38. The fraction of sp³-hybridized carbons (Fsp3) is 0.353. The van der Waals surface area contributed by atoms with Gasteiger partial charge in [-0.15, -0.1) is 0 Å². The molecule has 2 rings (SSSR count). The fourth-order valence-corrected chi connectivity index (χ4v) is 2.07. The number of carbonyl (C=O) groups is 1. The molecule has 2 N–H and O–H groups in total. The van der Waals surface area contributed by atoms with E-state index in [1.165, 1.54) is 6.33 Å². The zero-order chi connectivity index (χ0) is 16.2. The Morgan fingerprint density at radius 3 is 2.59 bits per heavy atom. The number of nitrogens with one attached hydrogen (secondary N) is 2. The molecule has 0 aliphatic heterocycles. The molecule has 1 aromatic heterocycles. The summed E-state index contributed by atoms with van der Waals surface area (Å²) in [5.41, 5.74) is 2.13. The van der Waals surface area contributed by atoms with Crippen molar-refractivity contribution >= 4 is 17.4 Å². The molecule has 0 saturated heterocycles. The van der Waals surface area contributed by atoms with Gasteiger partial charge in [-0.2, -0.15) is 0 Å².